The Morgan fingerprint density at radius 1 is 0.526 bits per heavy atom. The van der Waals surface area contributed by atoms with E-state index in [1.165, 1.54) is 20.2 Å². The lowest BCUT2D eigenvalue weighted by atomic mass is 10.0. The van der Waals surface area contributed by atoms with Crippen molar-refractivity contribution in [1.82, 2.24) is 15.0 Å². The fraction of sp³-hybridized carbons (Fsp3) is 0. The van der Waals surface area contributed by atoms with E-state index in [2.05, 4.69) is 71.7 Å². The molecule has 0 bridgehead atoms. The molecule has 0 atom stereocenters. The van der Waals surface area contributed by atoms with Crippen LogP contribution in [0.1, 0.15) is 0 Å². The van der Waals surface area contributed by atoms with Crippen molar-refractivity contribution in [2.24, 2.45) is 0 Å². The summed E-state index contributed by atoms with van der Waals surface area (Å²) in [7, 11) is 0. The van der Waals surface area contributed by atoms with E-state index in [-0.39, 0.29) is 0 Å². The molecule has 0 saturated carbocycles. The van der Waals surface area contributed by atoms with Crippen LogP contribution in [0, 0.1) is 0 Å². The molecular weight excluding hydrogens is 486 g/mol. The van der Waals surface area contributed by atoms with Crippen LogP contribution >= 0.6 is 11.3 Å². The third kappa shape index (κ3) is 3.33. The number of aromatic nitrogens is 3. The molecule has 0 unspecified atom stereocenters. The highest BCUT2D eigenvalue weighted by atomic mass is 32.1. The monoisotopic (exact) mass is 505 g/mol. The van der Waals surface area contributed by atoms with E-state index in [0.29, 0.717) is 5.89 Å². The van der Waals surface area contributed by atoms with Gasteiger partial charge in [-0.2, -0.15) is 0 Å². The summed E-state index contributed by atoms with van der Waals surface area (Å²) < 4.78 is 8.46. The largest absolute Gasteiger partial charge is 0.436 e. The first-order valence-electron chi connectivity index (χ1n) is 12.5. The number of fused-ring (bicyclic) bond motifs is 5. The molecule has 0 amide bonds. The molecule has 8 rings (SSSR count). The van der Waals surface area contributed by atoms with Crippen LogP contribution in [0.15, 0.2) is 120 Å². The summed E-state index contributed by atoms with van der Waals surface area (Å²) in [6.45, 7) is 0. The van der Waals surface area contributed by atoms with E-state index in [1.807, 2.05) is 48.5 Å². The van der Waals surface area contributed by atoms with Crippen LogP contribution in [0.4, 0.5) is 0 Å². The van der Waals surface area contributed by atoms with Crippen molar-refractivity contribution in [3.05, 3.63) is 115 Å². The van der Waals surface area contributed by atoms with Crippen LogP contribution in [0.2, 0.25) is 0 Å². The lowest BCUT2D eigenvalue weighted by Crippen LogP contribution is -1.95. The zero-order chi connectivity index (χ0) is 25.1. The first kappa shape index (κ1) is 21.2. The van der Waals surface area contributed by atoms with Gasteiger partial charge in [-0.3, -0.25) is 0 Å². The standard InChI is InChI=1S/C33H19N3OS/c1-3-12-26-24(9-1)30(20-16-18-21(19-17-20)33-35-27-13-4-5-14-28(27)37-33)36-32(34-26)25-11-7-10-23-22-8-2-6-15-29(22)38-31(23)25/h1-19H. The lowest BCUT2D eigenvalue weighted by molar-refractivity contribution is 0.620. The summed E-state index contributed by atoms with van der Waals surface area (Å²) in [5.74, 6) is 1.35. The molecule has 0 aliphatic carbocycles. The quantitative estimate of drug-likeness (QED) is 0.240. The van der Waals surface area contributed by atoms with Crippen molar-refractivity contribution in [2.45, 2.75) is 0 Å². The first-order chi connectivity index (χ1) is 18.8. The molecule has 178 valence electrons. The number of benzene rings is 5. The fourth-order valence-electron chi connectivity index (χ4n) is 5.11. The molecule has 4 nitrogen and oxygen atoms in total. The normalized spacial score (nSPS) is 11.7. The van der Waals surface area contributed by atoms with E-state index in [1.54, 1.807) is 11.3 Å². The Labute approximate surface area is 221 Å². The Hall–Kier alpha value is -4.87. The van der Waals surface area contributed by atoms with Crippen LogP contribution in [0.25, 0.3) is 76.3 Å². The molecular formula is C33H19N3OS. The van der Waals surface area contributed by atoms with Crippen LogP contribution in [-0.4, -0.2) is 15.0 Å². The van der Waals surface area contributed by atoms with Gasteiger partial charge >= 0.3 is 0 Å². The molecule has 3 aromatic heterocycles. The van der Waals surface area contributed by atoms with Gasteiger partial charge in [0.1, 0.15) is 5.52 Å². The van der Waals surface area contributed by atoms with Gasteiger partial charge in [-0.15, -0.1) is 11.3 Å². The topological polar surface area (TPSA) is 51.8 Å². The second kappa shape index (κ2) is 8.33. The third-order valence-corrected chi connectivity index (χ3v) is 8.17. The van der Waals surface area contributed by atoms with Crippen molar-refractivity contribution in [2.75, 3.05) is 0 Å². The molecule has 0 spiro atoms. The van der Waals surface area contributed by atoms with Gasteiger partial charge in [-0.05, 0) is 42.5 Å². The summed E-state index contributed by atoms with van der Waals surface area (Å²) in [4.78, 5) is 14.8. The van der Waals surface area contributed by atoms with E-state index >= 15 is 0 Å². The fourth-order valence-corrected chi connectivity index (χ4v) is 6.32. The molecule has 0 N–H and O–H groups in total. The van der Waals surface area contributed by atoms with Crippen LogP contribution in [0.3, 0.4) is 0 Å². The average molecular weight is 506 g/mol. The van der Waals surface area contributed by atoms with Crippen LogP contribution in [-0.2, 0) is 0 Å². The molecule has 8 aromatic rings. The Morgan fingerprint density at radius 3 is 2.11 bits per heavy atom. The van der Waals surface area contributed by atoms with Crippen molar-refractivity contribution in [3.63, 3.8) is 0 Å². The average Bonchev–Trinajstić information content (AvgIpc) is 3.58. The maximum atomic E-state index is 5.98. The highest BCUT2D eigenvalue weighted by molar-refractivity contribution is 7.26. The van der Waals surface area contributed by atoms with Gasteiger partial charge in [0.25, 0.3) is 0 Å². The Balaban J connectivity index is 1.29. The van der Waals surface area contributed by atoms with Gasteiger partial charge in [0.15, 0.2) is 11.4 Å². The Bertz CT molecular complexity index is 2110. The molecule has 5 aromatic carbocycles. The van der Waals surface area contributed by atoms with Crippen LogP contribution in [0.5, 0.6) is 0 Å². The third-order valence-electron chi connectivity index (χ3n) is 6.95. The highest BCUT2D eigenvalue weighted by Crippen LogP contribution is 2.40. The molecule has 5 heteroatoms. The van der Waals surface area contributed by atoms with Crippen molar-refractivity contribution >= 4 is 53.5 Å². The minimum Gasteiger partial charge on any atom is -0.436 e. The number of oxazole rings is 1. The van der Waals surface area contributed by atoms with E-state index < -0.39 is 0 Å². The minimum absolute atomic E-state index is 0.613. The zero-order valence-corrected chi connectivity index (χ0v) is 20.9. The zero-order valence-electron chi connectivity index (χ0n) is 20.1. The Morgan fingerprint density at radius 2 is 1.24 bits per heavy atom. The Kier molecular flexibility index (Phi) is 4.66. The predicted octanol–water partition coefficient (Wildman–Crippen LogP) is 9.14. The molecule has 0 aliphatic rings. The molecule has 38 heavy (non-hydrogen) atoms. The highest BCUT2D eigenvalue weighted by Gasteiger charge is 2.16. The lowest BCUT2D eigenvalue weighted by Gasteiger charge is -2.10. The van der Waals surface area contributed by atoms with Gasteiger partial charge in [0.2, 0.25) is 5.89 Å². The number of nitrogens with zero attached hydrogens (tertiary/aromatic N) is 3. The molecule has 0 aliphatic heterocycles. The predicted molar refractivity (Wildman–Crippen MR) is 156 cm³/mol. The maximum absolute atomic E-state index is 5.98. The second-order valence-corrected chi connectivity index (χ2v) is 10.3. The van der Waals surface area contributed by atoms with Gasteiger partial charge in [-0.1, -0.05) is 72.8 Å². The summed E-state index contributed by atoms with van der Waals surface area (Å²) in [5.41, 5.74) is 6.48. The van der Waals surface area contributed by atoms with Gasteiger partial charge in [-0.25, -0.2) is 15.0 Å². The maximum Gasteiger partial charge on any atom is 0.227 e. The SMILES string of the molecule is c1ccc2oc(-c3ccc(-c4nc(-c5cccc6c5sc5ccccc56)nc5ccccc45)cc3)nc2c1. The van der Waals surface area contributed by atoms with Crippen LogP contribution < -0.4 is 0 Å². The number of para-hydroxylation sites is 3. The molecule has 0 fully saturated rings. The van der Waals surface area contributed by atoms with E-state index in [4.69, 9.17) is 14.4 Å². The van der Waals surface area contributed by atoms with Gasteiger partial charge < -0.3 is 4.42 Å². The summed E-state index contributed by atoms with van der Waals surface area (Å²) in [6.07, 6.45) is 0. The smallest absolute Gasteiger partial charge is 0.227 e. The minimum atomic E-state index is 0.613. The number of hydrogen-bond acceptors (Lipinski definition) is 5. The molecule has 0 saturated heterocycles. The van der Waals surface area contributed by atoms with Crippen molar-refractivity contribution < 1.29 is 4.42 Å². The summed E-state index contributed by atoms with van der Waals surface area (Å²) in [5, 5.41) is 3.53. The van der Waals surface area contributed by atoms with Gasteiger partial charge in [0, 0.05) is 42.2 Å². The van der Waals surface area contributed by atoms with E-state index in [9.17, 15) is 0 Å². The molecule has 0 radical (unpaired) electrons. The number of rotatable bonds is 3. The summed E-state index contributed by atoms with van der Waals surface area (Å²) in [6, 6.07) is 39.2. The summed E-state index contributed by atoms with van der Waals surface area (Å²) >= 11 is 1.79. The van der Waals surface area contributed by atoms with Gasteiger partial charge in [0.05, 0.1) is 11.2 Å². The van der Waals surface area contributed by atoms with Crippen molar-refractivity contribution in [3.8, 4) is 34.1 Å². The number of thiophene rings is 1. The first-order valence-corrected chi connectivity index (χ1v) is 13.3. The molecule has 3 heterocycles. The van der Waals surface area contributed by atoms with Crippen molar-refractivity contribution in [1.29, 1.82) is 0 Å². The van der Waals surface area contributed by atoms with E-state index in [0.717, 1.165) is 50.2 Å². The number of hydrogen-bond donors (Lipinski definition) is 0. The second-order valence-electron chi connectivity index (χ2n) is 9.26.